The summed E-state index contributed by atoms with van der Waals surface area (Å²) in [5.41, 5.74) is 6.15. The van der Waals surface area contributed by atoms with Crippen molar-refractivity contribution in [1.29, 1.82) is 0 Å². The van der Waals surface area contributed by atoms with Crippen LogP contribution in [-0.2, 0) is 16.8 Å². The van der Waals surface area contributed by atoms with Crippen LogP contribution in [0.5, 0.6) is 0 Å². The molecule has 4 nitrogen and oxygen atoms in total. The Bertz CT molecular complexity index is 693. The molecule has 2 aromatic rings. The summed E-state index contributed by atoms with van der Waals surface area (Å²) in [6.45, 7) is 6.29. The predicted octanol–water partition coefficient (Wildman–Crippen LogP) is 1.78. The largest absolute Gasteiger partial charge is 0.368 e. The predicted molar refractivity (Wildman–Crippen MR) is 76.1 cm³/mol. The Morgan fingerprint density at radius 1 is 1.26 bits per heavy atom. The van der Waals surface area contributed by atoms with Gasteiger partial charge in [0.1, 0.15) is 6.54 Å². The Morgan fingerprint density at radius 2 is 1.95 bits per heavy atom. The number of nitrogens with two attached hydrogens (primary N) is 1. The summed E-state index contributed by atoms with van der Waals surface area (Å²) in [6.07, 6.45) is 1.61. The van der Waals surface area contributed by atoms with E-state index in [1.165, 1.54) is 10.1 Å². The fourth-order valence-electron chi connectivity index (χ4n) is 2.05. The second-order valence-electron chi connectivity index (χ2n) is 5.77. The van der Waals surface area contributed by atoms with E-state index in [1.807, 2.05) is 24.3 Å². The van der Waals surface area contributed by atoms with E-state index < -0.39 is 5.91 Å². The summed E-state index contributed by atoms with van der Waals surface area (Å²) in [5, 5.41) is 1.50. The lowest BCUT2D eigenvalue weighted by Crippen LogP contribution is -2.27. The molecule has 0 aliphatic carbocycles. The molecule has 1 aromatic heterocycles. The molecule has 1 heterocycles. The number of aromatic nitrogens is 1. The molecule has 0 saturated carbocycles. The highest BCUT2D eigenvalue weighted by molar-refractivity contribution is 5.83. The minimum absolute atomic E-state index is 0.0380. The molecule has 0 spiro atoms. The topological polar surface area (TPSA) is 65.1 Å². The lowest BCUT2D eigenvalue weighted by Gasteiger charge is -2.19. The molecule has 0 unspecified atom stereocenters. The Hall–Kier alpha value is -2.10. The standard InChI is InChI=1S/C15H18N2O2/c1-15(2,3)11-4-5-12-10(8-11)6-7-17(14(12)19)9-13(16)18/h4-8H,9H2,1-3H3,(H2,16,18). The van der Waals surface area contributed by atoms with Crippen molar-refractivity contribution in [3.8, 4) is 0 Å². The van der Waals surface area contributed by atoms with Crippen molar-refractivity contribution in [1.82, 2.24) is 4.57 Å². The molecule has 100 valence electrons. The number of fused-ring (bicyclic) bond motifs is 1. The number of primary amides is 1. The maximum Gasteiger partial charge on any atom is 0.258 e. The highest BCUT2D eigenvalue weighted by Gasteiger charge is 2.14. The molecule has 4 heteroatoms. The molecule has 0 radical (unpaired) electrons. The number of hydrogen-bond acceptors (Lipinski definition) is 2. The average molecular weight is 258 g/mol. The van der Waals surface area contributed by atoms with Crippen molar-refractivity contribution in [3.63, 3.8) is 0 Å². The third-order valence-corrected chi connectivity index (χ3v) is 3.17. The van der Waals surface area contributed by atoms with Crippen LogP contribution >= 0.6 is 0 Å². The van der Waals surface area contributed by atoms with Crippen molar-refractivity contribution in [2.75, 3.05) is 0 Å². The summed E-state index contributed by atoms with van der Waals surface area (Å²) < 4.78 is 1.33. The normalized spacial score (nSPS) is 11.7. The molecule has 0 aliphatic rings. The Balaban J connectivity index is 2.60. The lowest BCUT2D eigenvalue weighted by atomic mass is 9.86. The Labute approximate surface area is 111 Å². The van der Waals surface area contributed by atoms with Crippen LogP contribution in [0.4, 0.5) is 0 Å². The Morgan fingerprint density at radius 3 is 2.53 bits per heavy atom. The number of hydrogen-bond donors (Lipinski definition) is 1. The van der Waals surface area contributed by atoms with Gasteiger partial charge in [0, 0.05) is 11.6 Å². The summed E-state index contributed by atoms with van der Waals surface area (Å²) in [6, 6.07) is 7.63. The van der Waals surface area contributed by atoms with E-state index in [2.05, 4.69) is 20.8 Å². The van der Waals surface area contributed by atoms with Gasteiger partial charge in [-0.15, -0.1) is 0 Å². The highest BCUT2D eigenvalue weighted by atomic mass is 16.2. The number of carbonyl (C=O) groups is 1. The molecule has 0 aliphatic heterocycles. The molecule has 1 amide bonds. The number of amides is 1. The Kier molecular flexibility index (Phi) is 3.18. The first-order chi connectivity index (χ1) is 8.79. The highest BCUT2D eigenvalue weighted by Crippen LogP contribution is 2.24. The quantitative estimate of drug-likeness (QED) is 0.892. The zero-order chi connectivity index (χ0) is 14.2. The number of carbonyl (C=O) groups excluding carboxylic acids is 1. The summed E-state index contributed by atoms with van der Waals surface area (Å²) in [5.74, 6) is -0.521. The molecule has 2 N–H and O–H groups in total. The monoisotopic (exact) mass is 258 g/mol. The van der Waals surface area contributed by atoms with E-state index >= 15 is 0 Å². The first-order valence-electron chi connectivity index (χ1n) is 6.21. The van der Waals surface area contributed by atoms with Gasteiger partial charge in [-0.1, -0.05) is 32.9 Å². The molecular weight excluding hydrogens is 240 g/mol. The van der Waals surface area contributed by atoms with Crippen LogP contribution in [0.1, 0.15) is 26.3 Å². The van der Waals surface area contributed by atoms with Crippen molar-refractivity contribution >= 4 is 16.7 Å². The van der Waals surface area contributed by atoms with Gasteiger partial charge in [0.25, 0.3) is 5.56 Å². The van der Waals surface area contributed by atoms with Gasteiger partial charge in [0.15, 0.2) is 0 Å². The van der Waals surface area contributed by atoms with Crippen LogP contribution < -0.4 is 11.3 Å². The second-order valence-corrected chi connectivity index (χ2v) is 5.77. The molecule has 0 atom stereocenters. The number of nitrogens with zero attached hydrogens (tertiary/aromatic N) is 1. The number of benzene rings is 1. The second kappa shape index (κ2) is 4.53. The molecule has 19 heavy (non-hydrogen) atoms. The minimum atomic E-state index is -0.521. The van der Waals surface area contributed by atoms with Crippen molar-refractivity contribution in [2.24, 2.45) is 5.73 Å². The van der Waals surface area contributed by atoms with Gasteiger partial charge in [-0.3, -0.25) is 9.59 Å². The zero-order valence-corrected chi connectivity index (χ0v) is 11.4. The van der Waals surface area contributed by atoms with E-state index in [0.29, 0.717) is 5.39 Å². The fourth-order valence-corrected chi connectivity index (χ4v) is 2.05. The molecule has 2 rings (SSSR count). The van der Waals surface area contributed by atoms with Crippen LogP contribution in [0, 0.1) is 0 Å². The third kappa shape index (κ3) is 2.67. The molecule has 0 saturated heterocycles. The van der Waals surface area contributed by atoms with E-state index in [-0.39, 0.29) is 17.5 Å². The maximum absolute atomic E-state index is 12.2. The van der Waals surface area contributed by atoms with Crippen LogP contribution in [0.15, 0.2) is 35.3 Å². The molecular formula is C15H18N2O2. The molecule has 0 fully saturated rings. The van der Waals surface area contributed by atoms with E-state index in [0.717, 1.165) is 5.39 Å². The van der Waals surface area contributed by atoms with Crippen LogP contribution in [0.2, 0.25) is 0 Å². The van der Waals surface area contributed by atoms with Crippen LogP contribution in [0.25, 0.3) is 10.8 Å². The van der Waals surface area contributed by atoms with Gasteiger partial charge in [-0.25, -0.2) is 0 Å². The van der Waals surface area contributed by atoms with E-state index in [4.69, 9.17) is 5.73 Å². The first kappa shape index (κ1) is 13.3. The maximum atomic E-state index is 12.2. The first-order valence-corrected chi connectivity index (χ1v) is 6.21. The fraction of sp³-hybridized carbons (Fsp3) is 0.333. The van der Waals surface area contributed by atoms with Crippen molar-refractivity contribution in [2.45, 2.75) is 32.7 Å². The van der Waals surface area contributed by atoms with Gasteiger partial charge in [-0.2, -0.15) is 0 Å². The smallest absolute Gasteiger partial charge is 0.258 e. The number of rotatable bonds is 2. The van der Waals surface area contributed by atoms with Gasteiger partial charge in [0.05, 0.1) is 0 Å². The van der Waals surface area contributed by atoms with Crippen LogP contribution in [0.3, 0.4) is 0 Å². The van der Waals surface area contributed by atoms with Gasteiger partial charge >= 0.3 is 0 Å². The van der Waals surface area contributed by atoms with Crippen LogP contribution in [-0.4, -0.2) is 10.5 Å². The van der Waals surface area contributed by atoms with E-state index in [9.17, 15) is 9.59 Å². The molecule has 0 bridgehead atoms. The third-order valence-electron chi connectivity index (χ3n) is 3.17. The minimum Gasteiger partial charge on any atom is -0.368 e. The van der Waals surface area contributed by atoms with Gasteiger partial charge in [-0.05, 0) is 28.5 Å². The zero-order valence-electron chi connectivity index (χ0n) is 11.4. The van der Waals surface area contributed by atoms with Gasteiger partial charge in [0.2, 0.25) is 5.91 Å². The average Bonchev–Trinajstić information content (AvgIpc) is 2.31. The summed E-state index contributed by atoms with van der Waals surface area (Å²) in [7, 11) is 0. The van der Waals surface area contributed by atoms with Crippen molar-refractivity contribution < 1.29 is 4.79 Å². The summed E-state index contributed by atoms with van der Waals surface area (Å²) >= 11 is 0. The lowest BCUT2D eigenvalue weighted by molar-refractivity contribution is -0.118. The molecule has 1 aromatic carbocycles. The van der Waals surface area contributed by atoms with Crippen molar-refractivity contribution in [3.05, 3.63) is 46.4 Å². The SMILES string of the molecule is CC(C)(C)c1ccc2c(=O)n(CC(N)=O)ccc2c1. The van der Waals surface area contributed by atoms with Gasteiger partial charge < -0.3 is 10.3 Å². The summed E-state index contributed by atoms with van der Waals surface area (Å²) in [4.78, 5) is 23.1. The number of pyridine rings is 1. The van der Waals surface area contributed by atoms with E-state index in [1.54, 1.807) is 6.20 Å².